The lowest BCUT2D eigenvalue weighted by Gasteiger charge is -2.03. The summed E-state index contributed by atoms with van der Waals surface area (Å²) in [5.74, 6) is 0.968. The summed E-state index contributed by atoms with van der Waals surface area (Å²) in [5.41, 5.74) is 0. The van der Waals surface area contributed by atoms with E-state index in [0.29, 0.717) is 0 Å². The van der Waals surface area contributed by atoms with Gasteiger partial charge in [-0.05, 0) is 18.6 Å². The van der Waals surface area contributed by atoms with Crippen molar-refractivity contribution in [3.63, 3.8) is 0 Å². The second-order valence-corrected chi connectivity index (χ2v) is 2.87. The quantitative estimate of drug-likeness (QED) is 0.654. The van der Waals surface area contributed by atoms with Gasteiger partial charge in [-0.1, -0.05) is 6.92 Å². The first kappa shape index (κ1) is 10.3. The molecule has 3 nitrogen and oxygen atoms in total. The summed E-state index contributed by atoms with van der Waals surface area (Å²) in [6, 6.07) is 3.85. The van der Waals surface area contributed by atoms with Crippen LogP contribution in [0.25, 0.3) is 0 Å². The highest BCUT2D eigenvalue weighted by atomic mass is 16.5. The summed E-state index contributed by atoms with van der Waals surface area (Å²) in [7, 11) is 0. The Balaban J connectivity index is 1.90. The van der Waals surface area contributed by atoms with Crippen molar-refractivity contribution in [1.82, 2.24) is 5.32 Å². The van der Waals surface area contributed by atoms with Crippen molar-refractivity contribution in [2.75, 3.05) is 19.8 Å². The first-order valence-electron chi connectivity index (χ1n) is 4.74. The van der Waals surface area contributed by atoms with E-state index in [9.17, 15) is 0 Å². The Morgan fingerprint density at radius 1 is 1.46 bits per heavy atom. The van der Waals surface area contributed by atoms with E-state index in [4.69, 9.17) is 9.15 Å². The van der Waals surface area contributed by atoms with Crippen LogP contribution < -0.4 is 5.32 Å². The summed E-state index contributed by atoms with van der Waals surface area (Å²) < 4.78 is 10.5. The Kier molecular flexibility index (Phi) is 5.29. The van der Waals surface area contributed by atoms with Crippen LogP contribution in [0.3, 0.4) is 0 Å². The first-order valence-corrected chi connectivity index (χ1v) is 4.74. The maximum Gasteiger partial charge on any atom is 0.117 e. The Morgan fingerprint density at radius 2 is 2.38 bits per heavy atom. The lowest BCUT2D eigenvalue weighted by Crippen LogP contribution is -2.19. The van der Waals surface area contributed by atoms with Gasteiger partial charge in [0, 0.05) is 13.2 Å². The van der Waals surface area contributed by atoms with Crippen LogP contribution in [-0.4, -0.2) is 19.8 Å². The van der Waals surface area contributed by atoms with Gasteiger partial charge in [0.2, 0.25) is 0 Å². The second-order valence-electron chi connectivity index (χ2n) is 2.87. The third-order valence-corrected chi connectivity index (χ3v) is 1.65. The minimum absolute atomic E-state index is 0.772. The highest BCUT2D eigenvalue weighted by Crippen LogP contribution is 1.97. The minimum atomic E-state index is 0.772. The first-order chi connectivity index (χ1) is 6.43. The van der Waals surface area contributed by atoms with Crippen LogP contribution in [0.15, 0.2) is 22.8 Å². The van der Waals surface area contributed by atoms with E-state index in [2.05, 4.69) is 12.2 Å². The van der Waals surface area contributed by atoms with Crippen LogP contribution in [0.4, 0.5) is 0 Å². The lowest BCUT2D eigenvalue weighted by atomic mass is 10.4. The molecule has 0 saturated carbocycles. The molecular weight excluding hydrogens is 166 g/mol. The second kappa shape index (κ2) is 6.69. The molecular formula is C10H17NO2. The number of furan rings is 1. The SMILES string of the molecule is CCCOCCNCc1ccco1. The summed E-state index contributed by atoms with van der Waals surface area (Å²) in [5, 5.41) is 3.23. The highest BCUT2D eigenvalue weighted by Gasteiger charge is 1.93. The van der Waals surface area contributed by atoms with Crippen molar-refractivity contribution in [1.29, 1.82) is 0 Å². The zero-order chi connectivity index (χ0) is 9.36. The van der Waals surface area contributed by atoms with Crippen molar-refractivity contribution in [3.05, 3.63) is 24.2 Å². The molecule has 1 heterocycles. The molecule has 0 aliphatic carbocycles. The maximum atomic E-state index is 5.31. The van der Waals surface area contributed by atoms with E-state index >= 15 is 0 Å². The van der Waals surface area contributed by atoms with E-state index in [1.165, 1.54) is 0 Å². The van der Waals surface area contributed by atoms with Crippen molar-refractivity contribution in [2.24, 2.45) is 0 Å². The average Bonchev–Trinajstić information content (AvgIpc) is 2.63. The molecule has 0 radical (unpaired) electrons. The van der Waals surface area contributed by atoms with Gasteiger partial charge >= 0.3 is 0 Å². The smallest absolute Gasteiger partial charge is 0.117 e. The van der Waals surface area contributed by atoms with Crippen molar-refractivity contribution in [2.45, 2.75) is 19.9 Å². The Labute approximate surface area is 79.1 Å². The normalized spacial score (nSPS) is 10.5. The molecule has 0 aliphatic heterocycles. The lowest BCUT2D eigenvalue weighted by molar-refractivity contribution is 0.136. The third kappa shape index (κ3) is 4.70. The van der Waals surface area contributed by atoms with E-state index in [-0.39, 0.29) is 0 Å². The van der Waals surface area contributed by atoms with E-state index in [1.807, 2.05) is 12.1 Å². The van der Waals surface area contributed by atoms with Crippen LogP contribution >= 0.6 is 0 Å². The Bertz CT molecular complexity index is 197. The number of ether oxygens (including phenoxy) is 1. The molecule has 74 valence electrons. The van der Waals surface area contributed by atoms with Gasteiger partial charge in [0.15, 0.2) is 0 Å². The summed E-state index contributed by atoms with van der Waals surface area (Å²) in [6.07, 6.45) is 2.77. The summed E-state index contributed by atoms with van der Waals surface area (Å²) in [4.78, 5) is 0. The van der Waals surface area contributed by atoms with Crippen LogP contribution in [0.1, 0.15) is 19.1 Å². The van der Waals surface area contributed by atoms with Gasteiger partial charge in [-0.25, -0.2) is 0 Å². The molecule has 1 aromatic heterocycles. The standard InChI is InChI=1S/C10H17NO2/c1-2-6-12-8-5-11-9-10-4-3-7-13-10/h3-4,7,11H,2,5-6,8-9H2,1H3. The molecule has 0 aromatic carbocycles. The largest absolute Gasteiger partial charge is 0.468 e. The van der Waals surface area contributed by atoms with Crippen LogP contribution in [-0.2, 0) is 11.3 Å². The minimum Gasteiger partial charge on any atom is -0.468 e. The van der Waals surface area contributed by atoms with Crippen molar-refractivity contribution in [3.8, 4) is 0 Å². The van der Waals surface area contributed by atoms with E-state index < -0.39 is 0 Å². The highest BCUT2D eigenvalue weighted by molar-refractivity contribution is 4.97. The molecule has 0 saturated heterocycles. The monoisotopic (exact) mass is 183 g/mol. The summed E-state index contributed by atoms with van der Waals surface area (Å²) >= 11 is 0. The molecule has 0 amide bonds. The van der Waals surface area contributed by atoms with E-state index in [1.54, 1.807) is 6.26 Å². The Hall–Kier alpha value is -0.800. The van der Waals surface area contributed by atoms with Crippen LogP contribution in [0, 0.1) is 0 Å². The molecule has 3 heteroatoms. The number of nitrogens with one attached hydrogen (secondary N) is 1. The predicted molar refractivity (Wildman–Crippen MR) is 51.5 cm³/mol. The fraction of sp³-hybridized carbons (Fsp3) is 0.600. The number of hydrogen-bond acceptors (Lipinski definition) is 3. The third-order valence-electron chi connectivity index (χ3n) is 1.65. The maximum absolute atomic E-state index is 5.31. The topological polar surface area (TPSA) is 34.4 Å². The fourth-order valence-electron chi connectivity index (χ4n) is 1.02. The van der Waals surface area contributed by atoms with Crippen molar-refractivity contribution < 1.29 is 9.15 Å². The van der Waals surface area contributed by atoms with Gasteiger partial charge in [0.05, 0.1) is 19.4 Å². The molecule has 1 rings (SSSR count). The van der Waals surface area contributed by atoms with E-state index in [0.717, 1.165) is 38.5 Å². The van der Waals surface area contributed by atoms with Gasteiger partial charge in [0.1, 0.15) is 5.76 Å². The molecule has 1 N–H and O–H groups in total. The van der Waals surface area contributed by atoms with Crippen molar-refractivity contribution >= 4 is 0 Å². The van der Waals surface area contributed by atoms with Gasteiger partial charge in [-0.3, -0.25) is 0 Å². The molecule has 0 aliphatic rings. The van der Waals surface area contributed by atoms with Gasteiger partial charge < -0.3 is 14.5 Å². The zero-order valence-corrected chi connectivity index (χ0v) is 8.08. The number of hydrogen-bond donors (Lipinski definition) is 1. The van der Waals surface area contributed by atoms with Crippen LogP contribution in [0.5, 0.6) is 0 Å². The Morgan fingerprint density at radius 3 is 3.08 bits per heavy atom. The fourth-order valence-corrected chi connectivity index (χ4v) is 1.02. The molecule has 1 aromatic rings. The number of rotatable bonds is 7. The average molecular weight is 183 g/mol. The molecule has 0 unspecified atom stereocenters. The zero-order valence-electron chi connectivity index (χ0n) is 8.08. The summed E-state index contributed by atoms with van der Waals surface area (Å²) in [6.45, 7) is 5.39. The van der Waals surface area contributed by atoms with Gasteiger partial charge in [-0.2, -0.15) is 0 Å². The van der Waals surface area contributed by atoms with Gasteiger partial charge in [-0.15, -0.1) is 0 Å². The predicted octanol–water partition coefficient (Wildman–Crippen LogP) is 1.80. The van der Waals surface area contributed by atoms with Crippen LogP contribution in [0.2, 0.25) is 0 Å². The molecule has 0 atom stereocenters. The molecule has 0 fully saturated rings. The van der Waals surface area contributed by atoms with Gasteiger partial charge in [0.25, 0.3) is 0 Å². The molecule has 0 spiro atoms. The molecule has 0 bridgehead atoms. The molecule has 13 heavy (non-hydrogen) atoms.